The van der Waals surface area contributed by atoms with Crippen molar-refractivity contribution < 1.29 is 14.1 Å². The van der Waals surface area contributed by atoms with Crippen LogP contribution in [0.3, 0.4) is 0 Å². The number of hydrogen-bond donors (Lipinski definition) is 2. The molecule has 7 nitrogen and oxygen atoms in total. The van der Waals surface area contributed by atoms with E-state index in [0.29, 0.717) is 17.9 Å². The van der Waals surface area contributed by atoms with Crippen molar-refractivity contribution in [1.82, 2.24) is 15.5 Å². The molecule has 1 saturated heterocycles. The summed E-state index contributed by atoms with van der Waals surface area (Å²) in [5, 5.41) is 16.2. The van der Waals surface area contributed by atoms with Gasteiger partial charge in [0.25, 0.3) is 6.20 Å². The van der Waals surface area contributed by atoms with Gasteiger partial charge < -0.3 is 15.5 Å². The number of carbonyl (C=O) groups excluding carboxylic acids is 1. The molecule has 0 spiro atoms. The maximum atomic E-state index is 13.0. The van der Waals surface area contributed by atoms with Crippen LogP contribution in [-0.4, -0.2) is 48.8 Å². The smallest absolute Gasteiger partial charge is 0.274 e. The number of nitrogens with zero attached hydrogens (tertiary/aromatic N) is 2. The Morgan fingerprint density at radius 3 is 2.58 bits per heavy atom. The highest BCUT2D eigenvalue weighted by atomic mass is 19.1. The van der Waals surface area contributed by atoms with Crippen molar-refractivity contribution in [3.63, 3.8) is 0 Å². The van der Waals surface area contributed by atoms with Gasteiger partial charge in [-0.1, -0.05) is 0 Å². The average molecular weight is 364 g/mol. The van der Waals surface area contributed by atoms with Gasteiger partial charge in [-0.15, -0.1) is 0 Å². The molecule has 26 heavy (non-hydrogen) atoms. The van der Waals surface area contributed by atoms with Crippen molar-refractivity contribution in [1.29, 1.82) is 0 Å². The lowest BCUT2D eigenvalue weighted by molar-refractivity contribution is -0.404. The van der Waals surface area contributed by atoms with Crippen molar-refractivity contribution in [2.24, 2.45) is 5.92 Å². The number of nitro groups is 1. The molecular formula is C18H25FN4O3. The molecule has 1 fully saturated rings. The average Bonchev–Trinajstić information content (AvgIpc) is 2.64. The van der Waals surface area contributed by atoms with Crippen LogP contribution >= 0.6 is 0 Å². The molecule has 8 heteroatoms. The molecule has 0 amide bonds. The summed E-state index contributed by atoms with van der Waals surface area (Å²) < 4.78 is 13.0. The van der Waals surface area contributed by atoms with Gasteiger partial charge in [0.1, 0.15) is 5.82 Å². The van der Waals surface area contributed by atoms with E-state index < -0.39 is 4.92 Å². The largest absolute Gasteiger partial charge is 0.370 e. The number of benzene rings is 1. The lowest BCUT2D eigenvalue weighted by Crippen LogP contribution is -2.38. The first kappa shape index (κ1) is 19.8. The Kier molecular flexibility index (Phi) is 7.53. The van der Waals surface area contributed by atoms with Gasteiger partial charge in [-0.25, -0.2) is 4.39 Å². The molecule has 0 aliphatic carbocycles. The van der Waals surface area contributed by atoms with Crippen molar-refractivity contribution >= 4 is 5.78 Å². The van der Waals surface area contributed by atoms with Gasteiger partial charge >= 0.3 is 0 Å². The first-order chi connectivity index (χ1) is 12.5. The summed E-state index contributed by atoms with van der Waals surface area (Å²) in [5.74, 6) is 0.140. The highest BCUT2D eigenvalue weighted by Gasteiger charge is 2.25. The number of likely N-dealkylation sites (tertiary alicyclic amines) is 1. The predicted molar refractivity (Wildman–Crippen MR) is 96.7 cm³/mol. The quantitative estimate of drug-likeness (QED) is 0.302. The van der Waals surface area contributed by atoms with Gasteiger partial charge in [0.15, 0.2) is 11.6 Å². The number of ketones is 1. The Hall–Kier alpha value is -2.48. The number of hydrogen-bond acceptors (Lipinski definition) is 6. The van der Waals surface area contributed by atoms with Gasteiger partial charge in [-0.3, -0.25) is 14.9 Å². The lowest BCUT2D eigenvalue weighted by Gasteiger charge is -2.31. The summed E-state index contributed by atoms with van der Waals surface area (Å²) in [6, 6.07) is 5.74. The third-order valence-electron chi connectivity index (χ3n) is 4.56. The normalized spacial score (nSPS) is 16.3. The summed E-state index contributed by atoms with van der Waals surface area (Å²) in [5.41, 5.74) is 0.575. The Labute approximate surface area is 152 Å². The minimum Gasteiger partial charge on any atom is -0.370 e. The first-order valence-corrected chi connectivity index (χ1v) is 8.78. The van der Waals surface area contributed by atoms with Crippen LogP contribution in [0, 0.1) is 21.8 Å². The fourth-order valence-corrected chi connectivity index (χ4v) is 3.10. The van der Waals surface area contributed by atoms with Crippen LogP contribution in [0.4, 0.5) is 4.39 Å². The molecule has 1 aromatic rings. The SMILES string of the molecule is CNC(=C[N+](=O)[O-])NCCCN1CCC(C(=O)c2ccc(F)cc2)CC1. The summed E-state index contributed by atoms with van der Waals surface area (Å²) in [7, 11) is 1.63. The van der Waals surface area contributed by atoms with Crippen LogP contribution in [0.5, 0.6) is 0 Å². The van der Waals surface area contributed by atoms with E-state index in [1.807, 2.05) is 0 Å². The van der Waals surface area contributed by atoms with Crippen molar-refractivity contribution in [2.45, 2.75) is 19.3 Å². The van der Waals surface area contributed by atoms with Gasteiger partial charge in [0.05, 0.1) is 4.92 Å². The molecule has 1 heterocycles. The van der Waals surface area contributed by atoms with Crippen LogP contribution < -0.4 is 10.6 Å². The first-order valence-electron chi connectivity index (χ1n) is 8.78. The second kappa shape index (κ2) is 9.86. The van der Waals surface area contributed by atoms with E-state index >= 15 is 0 Å². The molecule has 1 aliphatic heterocycles. The summed E-state index contributed by atoms with van der Waals surface area (Å²) in [6.07, 6.45) is 3.36. The molecule has 0 saturated carbocycles. The third-order valence-corrected chi connectivity index (χ3v) is 4.56. The van der Waals surface area contributed by atoms with E-state index in [9.17, 15) is 19.3 Å². The van der Waals surface area contributed by atoms with Gasteiger partial charge in [0.2, 0.25) is 0 Å². The Bertz CT molecular complexity index is 640. The number of halogens is 1. The molecule has 142 valence electrons. The highest BCUT2D eigenvalue weighted by Crippen LogP contribution is 2.22. The summed E-state index contributed by atoms with van der Waals surface area (Å²) >= 11 is 0. The monoisotopic (exact) mass is 364 g/mol. The van der Waals surface area contributed by atoms with Crippen LogP contribution in [0.2, 0.25) is 0 Å². The molecule has 0 unspecified atom stereocenters. The fraction of sp³-hybridized carbons (Fsp3) is 0.500. The second-order valence-electron chi connectivity index (χ2n) is 6.35. The van der Waals surface area contributed by atoms with Crippen molar-refractivity contribution in [3.05, 3.63) is 57.8 Å². The van der Waals surface area contributed by atoms with E-state index in [1.54, 1.807) is 19.2 Å². The van der Waals surface area contributed by atoms with Crippen molar-refractivity contribution in [3.8, 4) is 0 Å². The van der Waals surface area contributed by atoms with E-state index in [0.717, 1.165) is 45.1 Å². The molecule has 2 rings (SSSR count). The molecule has 1 aliphatic rings. The molecule has 2 N–H and O–H groups in total. The third kappa shape index (κ3) is 6.11. The van der Waals surface area contributed by atoms with Crippen LogP contribution in [0.1, 0.15) is 29.6 Å². The predicted octanol–water partition coefficient (Wildman–Crippen LogP) is 2.00. The van der Waals surface area contributed by atoms with Gasteiger partial charge in [-0.05, 0) is 63.2 Å². The topological polar surface area (TPSA) is 87.5 Å². The van der Waals surface area contributed by atoms with E-state index in [1.165, 1.54) is 12.1 Å². The van der Waals surface area contributed by atoms with E-state index in [4.69, 9.17) is 0 Å². The summed E-state index contributed by atoms with van der Waals surface area (Å²) in [6.45, 7) is 3.21. The highest BCUT2D eigenvalue weighted by molar-refractivity contribution is 5.97. The Balaban J connectivity index is 1.69. The van der Waals surface area contributed by atoms with Crippen LogP contribution in [-0.2, 0) is 0 Å². The van der Waals surface area contributed by atoms with Crippen molar-refractivity contribution in [2.75, 3.05) is 33.2 Å². The number of nitrogens with one attached hydrogen (secondary N) is 2. The molecule has 0 aromatic heterocycles. The van der Waals surface area contributed by atoms with E-state index in [-0.39, 0.29) is 17.5 Å². The molecule has 0 radical (unpaired) electrons. The Morgan fingerprint density at radius 2 is 2.00 bits per heavy atom. The maximum absolute atomic E-state index is 13.0. The number of Topliss-reactive ketones (excluding diaryl/α,β-unsaturated/α-hetero) is 1. The Morgan fingerprint density at radius 1 is 1.35 bits per heavy atom. The minimum atomic E-state index is -0.498. The maximum Gasteiger partial charge on any atom is 0.274 e. The zero-order valence-electron chi connectivity index (χ0n) is 14.9. The molecular weight excluding hydrogens is 339 g/mol. The molecule has 0 bridgehead atoms. The number of carbonyl (C=O) groups is 1. The number of rotatable bonds is 9. The van der Waals surface area contributed by atoms with Gasteiger partial charge in [-0.2, -0.15) is 0 Å². The zero-order valence-corrected chi connectivity index (χ0v) is 14.9. The van der Waals surface area contributed by atoms with Crippen LogP contribution in [0.15, 0.2) is 36.3 Å². The molecule has 1 aromatic carbocycles. The zero-order chi connectivity index (χ0) is 18.9. The lowest BCUT2D eigenvalue weighted by atomic mass is 9.89. The summed E-state index contributed by atoms with van der Waals surface area (Å²) in [4.78, 5) is 24.7. The van der Waals surface area contributed by atoms with Gasteiger partial charge in [0, 0.05) is 25.1 Å². The molecule has 0 atom stereocenters. The second-order valence-corrected chi connectivity index (χ2v) is 6.35. The number of piperidine rings is 1. The van der Waals surface area contributed by atoms with E-state index in [2.05, 4.69) is 15.5 Å². The standard InChI is InChI=1S/C18H25FN4O3/c1-20-17(13-23(25)26)21-9-2-10-22-11-7-15(8-12-22)18(24)14-3-5-16(19)6-4-14/h3-6,13,15,20-21H,2,7-12H2,1H3. The fourth-order valence-electron chi connectivity index (χ4n) is 3.10. The minimum absolute atomic E-state index is 0.00578. The van der Waals surface area contributed by atoms with Crippen LogP contribution in [0.25, 0.3) is 0 Å².